The number of benzene rings is 3. The van der Waals surface area contributed by atoms with Crippen LogP contribution in [-0.4, -0.2) is 45.1 Å². The van der Waals surface area contributed by atoms with Gasteiger partial charge in [0.2, 0.25) is 10.0 Å². The SMILES string of the molecule is O=S(=O)(c1ccc(F)c2ccccc12)N1CCO[C@@H](COc2ccccc2)C1. The largest absolute Gasteiger partial charge is 0.491 e. The Morgan fingerprint density at radius 1 is 1.00 bits per heavy atom. The van der Waals surface area contributed by atoms with Crippen LogP contribution < -0.4 is 4.74 Å². The van der Waals surface area contributed by atoms with Gasteiger partial charge in [-0.15, -0.1) is 0 Å². The Morgan fingerprint density at radius 2 is 1.71 bits per heavy atom. The van der Waals surface area contributed by atoms with Crippen molar-refractivity contribution in [3.8, 4) is 5.75 Å². The fraction of sp³-hybridized carbons (Fsp3) is 0.238. The highest BCUT2D eigenvalue weighted by Gasteiger charge is 2.32. The van der Waals surface area contributed by atoms with Crippen molar-refractivity contribution in [3.05, 3.63) is 72.5 Å². The van der Waals surface area contributed by atoms with Gasteiger partial charge in [-0.05, 0) is 24.3 Å². The number of halogens is 1. The highest BCUT2D eigenvalue weighted by molar-refractivity contribution is 7.89. The Kier molecular flexibility index (Phi) is 5.30. The molecule has 1 aliphatic heterocycles. The Balaban J connectivity index is 1.55. The molecule has 1 atom stereocenters. The molecule has 0 amide bonds. The minimum Gasteiger partial charge on any atom is -0.491 e. The monoisotopic (exact) mass is 401 g/mol. The second-order valence-corrected chi connectivity index (χ2v) is 8.48. The average molecular weight is 401 g/mol. The van der Waals surface area contributed by atoms with Gasteiger partial charge in [0, 0.05) is 23.9 Å². The van der Waals surface area contributed by atoms with Gasteiger partial charge in [0.05, 0.1) is 11.5 Å². The molecule has 7 heteroatoms. The van der Waals surface area contributed by atoms with Crippen LogP contribution in [0.15, 0.2) is 71.6 Å². The van der Waals surface area contributed by atoms with Gasteiger partial charge >= 0.3 is 0 Å². The Morgan fingerprint density at radius 3 is 2.50 bits per heavy atom. The highest BCUT2D eigenvalue weighted by Crippen LogP contribution is 2.28. The molecule has 0 radical (unpaired) electrons. The van der Waals surface area contributed by atoms with Crippen LogP contribution in [0.2, 0.25) is 0 Å². The summed E-state index contributed by atoms with van der Waals surface area (Å²) in [6.45, 7) is 0.956. The first-order valence-electron chi connectivity index (χ1n) is 9.02. The maximum absolute atomic E-state index is 14.1. The summed E-state index contributed by atoms with van der Waals surface area (Å²) in [5.41, 5.74) is 0. The zero-order chi connectivity index (χ0) is 19.6. The average Bonchev–Trinajstić information content (AvgIpc) is 2.73. The molecule has 0 aromatic heterocycles. The van der Waals surface area contributed by atoms with E-state index in [0.29, 0.717) is 16.5 Å². The lowest BCUT2D eigenvalue weighted by atomic mass is 10.1. The third-order valence-corrected chi connectivity index (χ3v) is 6.65. The third kappa shape index (κ3) is 3.73. The summed E-state index contributed by atoms with van der Waals surface area (Å²) in [4.78, 5) is 0.106. The summed E-state index contributed by atoms with van der Waals surface area (Å²) in [6, 6.07) is 18.4. The smallest absolute Gasteiger partial charge is 0.243 e. The molecular formula is C21H20FNO4S. The van der Waals surface area contributed by atoms with E-state index in [1.54, 1.807) is 24.3 Å². The van der Waals surface area contributed by atoms with Crippen molar-refractivity contribution >= 4 is 20.8 Å². The zero-order valence-corrected chi connectivity index (χ0v) is 15.9. The van der Waals surface area contributed by atoms with Gasteiger partial charge in [-0.3, -0.25) is 0 Å². The van der Waals surface area contributed by atoms with Crippen molar-refractivity contribution in [2.45, 2.75) is 11.0 Å². The van der Waals surface area contributed by atoms with Crippen LogP contribution in [-0.2, 0) is 14.8 Å². The number of hydrogen-bond donors (Lipinski definition) is 0. The Bertz CT molecular complexity index is 1070. The van der Waals surface area contributed by atoms with E-state index < -0.39 is 15.8 Å². The maximum atomic E-state index is 14.1. The van der Waals surface area contributed by atoms with Gasteiger partial charge in [-0.2, -0.15) is 4.31 Å². The first kappa shape index (κ1) is 18.9. The van der Waals surface area contributed by atoms with E-state index in [0.717, 1.165) is 0 Å². The zero-order valence-electron chi connectivity index (χ0n) is 15.1. The first-order valence-corrected chi connectivity index (χ1v) is 10.5. The number of morpholine rings is 1. The number of fused-ring (bicyclic) bond motifs is 1. The predicted octanol–water partition coefficient (Wildman–Crippen LogP) is 3.45. The van der Waals surface area contributed by atoms with Crippen molar-refractivity contribution < 1.29 is 22.3 Å². The molecule has 1 aliphatic rings. The number of para-hydroxylation sites is 1. The summed E-state index contributed by atoms with van der Waals surface area (Å²) in [5.74, 6) is 0.265. The number of rotatable bonds is 5. The predicted molar refractivity (Wildman–Crippen MR) is 104 cm³/mol. The summed E-state index contributed by atoms with van der Waals surface area (Å²) in [6.07, 6.45) is -0.379. The molecule has 4 rings (SSSR count). The fourth-order valence-electron chi connectivity index (χ4n) is 3.32. The van der Waals surface area contributed by atoms with Crippen molar-refractivity contribution in [2.24, 2.45) is 0 Å². The van der Waals surface area contributed by atoms with E-state index in [2.05, 4.69) is 0 Å². The molecule has 146 valence electrons. The van der Waals surface area contributed by atoms with E-state index in [4.69, 9.17) is 9.47 Å². The van der Waals surface area contributed by atoms with Crippen LogP contribution in [0.25, 0.3) is 10.8 Å². The second-order valence-electron chi connectivity index (χ2n) is 6.57. The van der Waals surface area contributed by atoms with Crippen LogP contribution in [0.1, 0.15) is 0 Å². The normalized spacial score (nSPS) is 18.2. The Labute approximate surface area is 163 Å². The summed E-state index contributed by atoms with van der Waals surface area (Å²) < 4.78 is 53.3. The molecule has 0 saturated carbocycles. The minimum absolute atomic E-state index is 0.106. The maximum Gasteiger partial charge on any atom is 0.243 e. The van der Waals surface area contributed by atoms with Crippen LogP contribution in [0.5, 0.6) is 5.75 Å². The number of ether oxygens (including phenoxy) is 2. The molecule has 3 aromatic rings. The molecule has 0 aliphatic carbocycles. The fourth-order valence-corrected chi connectivity index (χ4v) is 4.97. The van der Waals surface area contributed by atoms with Crippen molar-refractivity contribution in [3.63, 3.8) is 0 Å². The molecule has 0 N–H and O–H groups in total. The van der Waals surface area contributed by atoms with Crippen LogP contribution in [0.4, 0.5) is 4.39 Å². The first-order chi connectivity index (χ1) is 13.6. The van der Waals surface area contributed by atoms with Crippen molar-refractivity contribution in [2.75, 3.05) is 26.3 Å². The van der Waals surface area contributed by atoms with Gasteiger partial charge in [0.1, 0.15) is 24.3 Å². The molecule has 28 heavy (non-hydrogen) atoms. The summed E-state index contributed by atoms with van der Waals surface area (Å²) >= 11 is 0. The molecule has 0 unspecified atom stereocenters. The lowest BCUT2D eigenvalue weighted by Gasteiger charge is -2.32. The summed E-state index contributed by atoms with van der Waals surface area (Å²) in [7, 11) is -3.79. The minimum atomic E-state index is -3.79. The molecular weight excluding hydrogens is 381 g/mol. The molecule has 3 aromatic carbocycles. The topological polar surface area (TPSA) is 55.8 Å². The van der Waals surface area contributed by atoms with E-state index >= 15 is 0 Å². The van der Waals surface area contributed by atoms with Gasteiger partial charge in [-0.1, -0.05) is 42.5 Å². The Hall–Kier alpha value is -2.48. The summed E-state index contributed by atoms with van der Waals surface area (Å²) in [5, 5.41) is 0.673. The van der Waals surface area contributed by atoms with Crippen molar-refractivity contribution in [1.82, 2.24) is 4.31 Å². The van der Waals surface area contributed by atoms with E-state index in [1.165, 1.54) is 16.4 Å². The standard InChI is InChI=1S/C21H20FNO4S/c22-20-10-11-21(19-9-5-4-8-18(19)20)28(24,25)23-12-13-26-17(14-23)15-27-16-6-2-1-3-7-16/h1-11,17H,12-15H2/t17-/m1/s1. The van der Waals surface area contributed by atoms with Gasteiger partial charge in [0.25, 0.3) is 0 Å². The quantitative estimate of drug-likeness (QED) is 0.657. The number of hydrogen-bond acceptors (Lipinski definition) is 4. The highest BCUT2D eigenvalue weighted by atomic mass is 32.2. The lowest BCUT2D eigenvalue weighted by molar-refractivity contribution is -0.0249. The van der Waals surface area contributed by atoms with Crippen LogP contribution >= 0.6 is 0 Å². The second kappa shape index (κ2) is 7.87. The number of nitrogens with zero attached hydrogens (tertiary/aromatic N) is 1. The van der Waals surface area contributed by atoms with Crippen LogP contribution in [0, 0.1) is 5.82 Å². The van der Waals surface area contributed by atoms with E-state index in [1.807, 2.05) is 30.3 Å². The molecule has 1 fully saturated rings. The molecule has 5 nitrogen and oxygen atoms in total. The van der Waals surface area contributed by atoms with Crippen LogP contribution in [0.3, 0.4) is 0 Å². The van der Waals surface area contributed by atoms with Gasteiger partial charge in [-0.25, -0.2) is 12.8 Å². The third-order valence-electron chi connectivity index (χ3n) is 4.73. The lowest BCUT2D eigenvalue weighted by Crippen LogP contribution is -2.47. The van der Waals surface area contributed by atoms with Gasteiger partial charge in [0.15, 0.2) is 0 Å². The van der Waals surface area contributed by atoms with Gasteiger partial charge < -0.3 is 9.47 Å². The van der Waals surface area contributed by atoms with E-state index in [9.17, 15) is 12.8 Å². The molecule has 0 spiro atoms. The van der Waals surface area contributed by atoms with Crippen molar-refractivity contribution in [1.29, 1.82) is 0 Å². The molecule has 0 bridgehead atoms. The van der Waals surface area contributed by atoms with E-state index in [-0.39, 0.29) is 37.3 Å². The molecule has 1 saturated heterocycles. The number of sulfonamides is 1. The molecule has 1 heterocycles.